The smallest absolute Gasteiger partial charge is 0.187 e. The van der Waals surface area contributed by atoms with Gasteiger partial charge in [-0.05, 0) is 34.7 Å². The second-order valence-electron chi connectivity index (χ2n) is 16.4. The lowest BCUT2D eigenvalue weighted by Gasteiger charge is -2.51. The Balaban J connectivity index is 1.08. The Labute approximate surface area is 375 Å². The molecule has 10 nitrogen and oxygen atoms in total. The summed E-state index contributed by atoms with van der Waals surface area (Å²) in [5.41, 5.74) is 5.90. The lowest BCUT2D eigenvalue weighted by molar-refractivity contribution is -0.400. The van der Waals surface area contributed by atoms with Crippen LogP contribution in [0.1, 0.15) is 46.6 Å². The van der Waals surface area contributed by atoms with Crippen molar-refractivity contribution in [3.63, 3.8) is 0 Å². The molecule has 11 atom stereocenters. The molecule has 64 heavy (non-hydrogen) atoms. The molecular formula is C54H56O10. The van der Waals surface area contributed by atoms with E-state index >= 15 is 0 Å². The van der Waals surface area contributed by atoms with Crippen LogP contribution in [0.5, 0.6) is 0 Å². The Hall–Kier alpha value is -5.08. The van der Waals surface area contributed by atoms with Crippen molar-refractivity contribution in [3.05, 3.63) is 215 Å². The van der Waals surface area contributed by atoms with Crippen molar-refractivity contribution in [2.75, 3.05) is 6.61 Å². The summed E-state index contributed by atoms with van der Waals surface area (Å²) in [6.45, 7) is 3.73. The summed E-state index contributed by atoms with van der Waals surface area (Å²) in [6.07, 6.45) is -7.75. The van der Waals surface area contributed by atoms with Crippen LogP contribution in [0.4, 0.5) is 0 Å². The Morgan fingerprint density at radius 1 is 0.391 bits per heavy atom. The minimum Gasteiger partial charge on any atom is -0.368 e. The van der Waals surface area contributed by atoms with Crippen molar-refractivity contribution in [2.24, 2.45) is 0 Å². The first-order valence-electron chi connectivity index (χ1n) is 22.2. The first-order chi connectivity index (χ1) is 31.6. The van der Waals surface area contributed by atoms with Gasteiger partial charge in [0.05, 0.1) is 45.7 Å². The van der Waals surface area contributed by atoms with E-state index in [4.69, 9.17) is 47.4 Å². The Morgan fingerprint density at radius 2 is 0.781 bits per heavy atom. The van der Waals surface area contributed by atoms with Gasteiger partial charge in [0.25, 0.3) is 0 Å². The zero-order chi connectivity index (χ0) is 43.3. The van der Waals surface area contributed by atoms with Gasteiger partial charge in [0.15, 0.2) is 18.9 Å². The first-order valence-corrected chi connectivity index (χ1v) is 22.2. The van der Waals surface area contributed by atoms with Gasteiger partial charge in [-0.25, -0.2) is 0 Å². The molecule has 0 bridgehead atoms. The zero-order valence-electron chi connectivity index (χ0n) is 36.0. The molecule has 0 aliphatic carbocycles. The fourth-order valence-corrected chi connectivity index (χ4v) is 8.44. The van der Waals surface area contributed by atoms with Crippen molar-refractivity contribution in [2.45, 2.75) is 108 Å². The fraction of sp³-hybridized carbons (Fsp3) is 0.333. The molecule has 0 saturated carbocycles. The van der Waals surface area contributed by atoms with Crippen LogP contribution >= 0.6 is 0 Å². The molecule has 3 saturated heterocycles. The van der Waals surface area contributed by atoms with E-state index < -0.39 is 67.7 Å². The molecule has 3 aliphatic rings. The predicted octanol–water partition coefficient (Wildman–Crippen LogP) is 9.51. The summed E-state index contributed by atoms with van der Waals surface area (Å²) in [5.74, 6) is 0. The van der Waals surface area contributed by atoms with Crippen LogP contribution in [-0.4, -0.2) is 68.0 Å². The highest BCUT2D eigenvalue weighted by Gasteiger charge is 2.55. The highest BCUT2D eigenvalue weighted by atomic mass is 16.8. The van der Waals surface area contributed by atoms with Crippen molar-refractivity contribution >= 4 is 0 Å². The number of hydrogen-bond donors (Lipinski definition) is 0. The molecule has 0 aromatic heterocycles. The van der Waals surface area contributed by atoms with Gasteiger partial charge in [-0.3, -0.25) is 0 Å². The normalized spacial score (nSPS) is 28.0. The molecule has 0 radical (unpaired) electrons. The third-order valence-corrected chi connectivity index (χ3v) is 11.8. The summed E-state index contributed by atoms with van der Waals surface area (Å²) in [7, 11) is 0. The average Bonchev–Trinajstić information content (AvgIpc) is 3.36. The molecule has 3 fully saturated rings. The second-order valence-corrected chi connectivity index (χ2v) is 16.4. The minimum absolute atomic E-state index is 0.231. The molecule has 0 unspecified atom stereocenters. The van der Waals surface area contributed by atoms with Crippen LogP contribution in [0, 0.1) is 0 Å². The second kappa shape index (κ2) is 22.2. The van der Waals surface area contributed by atoms with Crippen LogP contribution in [0.2, 0.25) is 0 Å². The standard InChI is InChI=1S/C54H56O10/c1-38-46(55-32-39-20-8-2-9-21-39)48(56-33-40-22-10-3-11-23-40)50(57-34-41-24-12-4-13-25-41)54(61-38)64-49-47-45(37-60-52(63-47)44-30-18-7-19-31-44)62-53(59-36-43-28-16-6-17-29-43)51(49)58-35-42-26-14-5-15-27-42/h2-31,38,45-54H,32-37H2,1H3/t38-,45+,46-,47+,48-,49+,50-,51-,52+,53-,54-/m0/s1. The van der Waals surface area contributed by atoms with E-state index in [1.165, 1.54) is 0 Å². The average molecular weight is 865 g/mol. The molecule has 9 rings (SSSR count). The molecule has 0 N–H and O–H groups in total. The molecule has 0 amide bonds. The third kappa shape index (κ3) is 11.4. The number of rotatable bonds is 18. The van der Waals surface area contributed by atoms with E-state index in [1.807, 2.05) is 177 Å². The third-order valence-electron chi connectivity index (χ3n) is 11.8. The van der Waals surface area contributed by atoms with Gasteiger partial charge in [0, 0.05) is 5.56 Å². The van der Waals surface area contributed by atoms with E-state index in [9.17, 15) is 0 Å². The van der Waals surface area contributed by atoms with Gasteiger partial charge in [0.2, 0.25) is 0 Å². The molecule has 6 aromatic carbocycles. The van der Waals surface area contributed by atoms with Gasteiger partial charge in [0.1, 0.15) is 42.7 Å². The maximum absolute atomic E-state index is 7.39. The fourth-order valence-electron chi connectivity index (χ4n) is 8.44. The van der Waals surface area contributed by atoms with Crippen LogP contribution < -0.4 is 0 Å². The zero-order valence-corrected chi connectivity index (χ0v) is 36.0. The number of ether oxygens (including phenoxy) is 10. The maximum Gasteiger partial charge on any atom is 0.187 e. The van der Waals surface area contributed by atoms with Crippen LogP contribution in [0.3, 0.4) is 0 Å². The molecule has 0 spiro atoms. The van der Waals surface area contributed by atoms with Gasteiger partial charge in [-0.1, -0.05) is 182 Å². The van der Waals surface area contributed by atoms with Crippen molar-refractivity contribution < 1.29 is 47.4 Å². The van der Waals surface area contributed by atoms with Crippen LogP contribution in [-0.2, 0) is 80.4 Å². The van der Waals surface area contributed by atoms with Gasteiger partial charge < -0.3 is 47.4 Å². The lowest BCUT2D eigenvalue weighted by atomic mass is 9.95. The van der Waals surface area contributed by atoms with E-state index in [0.29, 0.717) is 13.2 Å². The topological polar surface area (TPSA) is 92.3 Å². The van der Waals surface area contributed by atoms with Crippen molar-refractivity contribution in [1.29, 1.82) is 0 Å². The highest BCUT2D eigenvalue weighted by molar-refractivity contribution is 5.19. The quantitative estimate of drug-likeness (QED) is 0.0833. The van der Waals surface area contributed by atoms with E-state index in [-0.39, 0.29) is 26.4 Å². The molecule has 10 heteroatoms. The van der Waals surface area contributed by atoms with Gasteiger partial charge >= 0.3 is 0 Å². The minimum atomic E-state index is -0.973. The van der Waals surface area contributed by atoms with Crippen molar-refractivity contribution in [1.82, 2.24) is 0 Å². The summed E-state index contributed by atoms with van der Waals surface area (Å²) in [6, 6.07) is 60.2. The van der Waals surface area contributed by atoms with Crippen LogP contribution in [0.15, 0.2) is 182 Å². The monoisotopic (exact) mass is 864 g/mol. The van der Waals surface area contributed by atoms with E-state index in [1.54, 1.807) is 0 Å². The highest BCUT2D eigenvalue weighted by Crippen LogP contribution is 2.40. The summed E-state index contributed by atoms with van der Waals surface area (Å²) < 4.78 is 68.6. The Kier molecular flexibility index (Phi) is 15.3. The first kappa shape index (κ1) is 44.1. The van der Waals surface area contributed by atoms with E-state index in [2.05, 4.69) is 12.1 Å². The van der Waals surface area contributed by atoms with E-state index in [0.717, 1.165) is 33.4 Å². The maximum atomic E-state index is 7.39. The van der Waals surface area contributed by atoms with Crippen LogP contribution in [0.25, 0.3) is 0 Å². The molecule has 6 aromatic rings. The molecular weight excluding hydrogens is 809 g/mol. The Bertz CT molecular complexity index is 2240. The molecule has 3 aliphatic heterocycles. The van der Waals surface area contributed by atoms with Gasteiger partial charge in [-0.2, -0.15) is 0 Å². The van der Waals surface area contributed by atoms with Crippen molar-refractivity contribution in [3.8, 4) is 0 Å². The molecule has 332 valence electrons. The Morgan fingerprint density at radius 3 is 1.25 bits per heavy atom. The number of benzene rings is 6. The summed E-state index contributed by atoms with van der Waals surface area (Å²) >= 11 is 0. The predicted molar refractivity (Wildman–Crippen MR) is 239 cm³/mol. The lowest BCUT2D eigenvalue weighted by Crippen LogP contribution is -2.67. The molecule has 3 heterocycles. The SMILES string of the molecule is C[C@@H]1O[C@@H](O[C@H]2[C@H](OCc3ccccc3)[C@@H](OCc3ccccc3)O[C@@H]3CO[C@@H](c4ccccc4)O[C@@H]23)[C@@H](OCc2ccccc2)[C@@H](OCc2ccccc2)[C@H]1OCc1ccccc1. The largest absolute Gasteiger partial charge is 0.368 e. The summed E-state index contributed by atoms with van der Waals surface area (Å²) in [5, 5.41) is 0. The summed E-state index contributed by atoms with van der Waals surface area (Å²) in [4.78, 5) is 0. The van der Waals surface area contributed by atoms with Gasteiger partial charge in [-0.15, -0.1) is 0 Å². The number of fused-ring (bicyclic) bond motifs is 1. The number of hydrogen-bond acceptors (Lipinski definition) is 10.